The van der Waals surface area contributed by atoms with E-state index in [2.05, 4.69) is 10.3 Å². The van der Waals surface area contributed by atoms with Crippen molar-refractivity contribution in [3.63, 3.8) is 0 Å². The van der Waals surface area contributed by atoms with E-state index < -0.39 is 5.97 Å². The minimum absolute atomic E-state index is 0.140. The highest BCUT2D eigenvalue weighted by Gasteiger charge is 2.19. The number of benzene rings is 2. The Labute approximate surface area is 132 Å². The molecule has 0 aliphatic carbocycles. The van der Waals surface area contributed by atoms with Gasteiger partial charge < -0.3 is 5.11 Å². The van der Waals surface area contributed by atoms with Crippen LogP contribution in [0.4, 0.5) is 0 Å². The number of carboxylic acids is 1. The average Bonchev–Trinajstić information content (AvgIpc) is 3.01. The summed E-state index contributed by atoms with van der Waals surface area (Å²) in [5.41, 5.74) is 2.24. The smallest absolute Gasteiger partial charge is 0.335 e. The molecular weight excluding hydrogens is 294 g/mol. The van der Waals surface area contributed by atoms with E-state index in [1.807, 2.05) is 30.3 Å². The molecule has 0 bridgehead atoms. The van der Waals surface area contributed by atoms with Crippen LogP contribution in [0.3, 0.4) is 0 Å². The normalized spacial score (nSPS) is 10.5. The minimum Gasteiger partial charge on any atom is -0.478 e. The lowest BCUT2D eigenvalue weighted by Crippen LogP contribution is -2.04. The van der Waals surface area contributed by atoms with Crippen LogP contribution < -0.4 is 0 Å². The lowest BCUT2D eigenvalue weighted by Gasteiger charge is -2.08. The molecule has 0 atom stereocenters. The summed E-state index contributed by atoms with van der Waals surface area (Å²) in [6.45, 7) is 1.43. The Hall–Kier alpha value is -3.28. The third kappa shape index (κ3) is 2.74. The number of hydrogen-bond donors (Lipinski definition) is 1. The van der Waals surface area contributed by atoms with Gasteiger partial charge in [-0.3, -0.25) is 4.79 Å². The molecule has 6 nitrogen and oxygen atoms in total. The first-order valence-corrected chi connectivity index (χ1v) is 6.93. The quantitative estimate of drug-likeness (QED) is 0.749. The lowest BCUT2D eigenvalue weighted by atomic mass is 10.1. The number of hydrogen-bond acceptors (Lipinski definition) is 4. The Morgan fingerprint density at radius 1 is 1.04 bits per heavy atom. The fourth-order valence-corrected chi connectivity index (χ4v) is 2.33. The van der Waals surface area contributed by atoms with Gasteiger partial charge in [-0.2, -0.15) is 0 Å². The van der Waals surface area contributed by atoms with Crippen LogP contribution in [-0.2, 0) is 0 Å². The van der Waals surface area contributed by atoms with E-state index in [0.29, 0.717) is 11.4 Å². The molecule has 0 fully saturated rings. The number of carboxylic acid groups (broad SMARTS) is 1. The van der Waals surface area contributed by atoms with Gasteiger partial charge in [-0.15, -0.1) is 5.10 Å². The van der Waals surface area contributed by atoms with E-state index in [9.17, 15) is 9.59 Å². The van der Waals surface area contributed by atoms with Gasteiger partial charge in [0.15, 0.2) is 11.5 Å². The SMILES string of the molecule is CC(=O)c1nnn(-c2cccc(C(=O)O)c2)c1-c1ccccc1. The molecule has 1 heterocycles. The standard InChI is InChI=1S/C17H13N3O3/c1-11(21)15-16(12-6-3-2-4-7-12)20(19-18-15)14-9-5-8-13(10-14)17(22)23/h2-10H,1H3,(H,22,23). The molecule has 114 valence electrons. The summed E-state index contributed by atoms with van der Waals surface area (Å²) >= 11 is 0. The van der Waals surface area contributed by atoms with Crippen molar-refractivity contribution in [1.82, 2.24) is 15.0 Å². The maximum absolute atomic E-state index is 11.8. The molecule has 0 amide bonds. The fourth-order valence-electron chi connectivity index (χ4n) is 2.33. The average molecular weight is 307 g/mol. The van der Waals surface area contributed by atoms with Gasteiger partial charge in [0.25, 0.3) is 0 Å². The number of aromatic nitrogens is 3. The van der Waals surface area contributed by atoms with Crippen LogP contribution in [0.25, 0.3) is 16.9 Å². The molecule has 1 aromatic heterocycles. The molecule has 3 aromatic rings. The molecule has 3 rings (SSSR count). The topological polar surface area (TPSA) is 85.1 Å². The van der Waals surface area contributed by atoms with Gasteiger partial charge in [-0.05, 0) is 18.2 Å². The van der Waals surface area contributed by atoms with Crippen LogP contribution in [0.1, 0.15) is 27.8 Å². The molecule has 0 radical (unpaired) electrons. The van der Waals surface area contributed by atoms with Gasteiger partial charge in [0.1, 0.15) is 5.69 Å². The van der Waals surface area contributed by atoms with Crippen LogP contribution in [0, 0.1) is 0 Å². The predicted octanol–water partition coefficient (Wildman–Crippen LogP) is 2.84. The van der Waals surface area contributed by atoms with Crippen LogP contribution in [0.2, 0.25) is 0 Å². The molecule has 0 saturated carbocycles. The molecule has 0 aliphatic rings. The molecule has 0 aliphatic heterocycles. The summed E-state index contributed by atoms with van der Waals surface area (Å²) in [5.74, 6) is -1.23. The van der Waals surface area contributed by atoms with Gasteiger partial charge in [0.05, 0.1) is 11.3 Å². The van der Waals surface area contributed by atoms with Crippen LogP contribution >= 0.6 is 0 Å². The van der Waals surface area contributed by atoms with Crippen molar-refractivity contribution in [2.75, 3.05) is 0 Å². The summed E-state index contributed by atoms with van der Waals surface area (Å²) in [5, 5.41) is 17.1. The number of ketones is 1. The Morgan fingerprint density at radius 2 is 1.78 bits per heavy atom. The van der Waals surface area contributed by atoms with E-state index >= 15 is 0 Å². The molecule has 0 unspecified atom stereocenters. The van der Waals surface area contributed by atoms with E-state index in [-0.39, 0.29) is 17.0 Å². The van der Waals surface area contributed by atoms with Crippen molar-refractivity contribution in [3.05, 3.63) is 65.9 Å². The lowest BCUT2D eigenvalue weighted by molar-refractivity contribution is 0.0696. The van der Waals surface area contributed by atoms with Crippen molar-refractivity contribution in [2.45, 2.75) is 6.92 Å². The molecule has 1 N–H and O–H groups in total. The molecule has 0 spiro atoms. The number of Topliss-reactive ketones (excluding diaryl/α,β-unsaturated/α-hetero) is 1. The Balaban J connectivity index is 2.23. The number of carbonyl (C=O) groups is 2. The summed E-state index contributed by atoms with van der Waals surface area (Å²) in [6, 6.07) is 15.6. The number of nitrogens with zero attached hydrogens (tertiary/aromatic N) is 3. The Morgan fingerprint density at radius 3 is 2.43 bits per heavy atom. The van der Waals surface area contributed by atoms with Gasteiger partial charge in [-0.25, -0.2) is 9.48 Å². The fraction of sp³-hybridized carbons (Fsp3) is 0.0588. The van der Waals surface area contributed by atoms with E-state index in [1.54, 1.807) is 12.1 Å². The first-order valence-electron chi connectivity index (χ1n) is 6.93. The van der Waals surface area contributed by atoms with Crippen LogP contribution in [-0.4, -0.2) is 31.9 Å². The number of rotatable bonds is 4. The van der Waals surface area contributed by atoms with Gasteiger partial charge in [-0.1, -0.05) is 41.6 Å². The third-order valence-corrected chi connectivity index (χ3v) is 3.39. The maximum atomic E-state index is 11.8. The van der Waals surface area contributed by atoms with E-state index in [0.717, 1.165) is 5.56 Å². The third-order valence-electron chi connectivity index (χ3n) is 3.39. The van der Waals surface area contributed by atoms with E-state index in [1.165, 1.54) is 23.7 Å². The summed E-state index contributed by atoms with van der Waals surface area (Å²) in [4.78, 5) is 23.0. The highest BCUT2D eigenvalue weighted by Crippen LogP contribution is 2.25. The molecular formula is C17H13N3O3. The zero-order valence-corrected chi connectivity index (χ0v) is 12.3. The number of carbonyl (C=O) groups excluding carboxylic acids is 1. The maximum Gasteiger partial charge on any atom is 0.335 e. The Bertz CT molecular complexity index is 885. The van der Waals surface area contributed by atoms with Crippen molar-refractivity contribution < 1.29 is 14.7 Å². The molecule has 0 saturated heterocycles. The number of aromatic carboxylic acids is 1. The van der Waals surface area contributed by atoms with E-state index in [4.69, 9.17) is 5.11 Å². The van der Waals surface area contributed by atoms with Crippen LogP contribution in [0.5, 0.6) is 0 Å². The summed E-state index contributed by atoms with van der Waals surface area (Å²) < 4.78 is 1.48. The Kier molecular flexibility index (Phi) is 3.72. The van der Waals surface area contributed by atoms with Crippen molar-refractivity contribution in [3.8, 4) is 16.9 Å². The van der Waals surface area contributed by atoms with Crippen LogP contribution in [0.15, 0.2) is 54.6 Å². The zero-order chi connectivity index (χ0) is 16.4. The highest BCUT2D eigenvalue weighted by atomic mass is 16.4. The monoisotopic (exact) mass is 307 g/mol. The second-order valence-electron chi connectivity index (χ2n) is 4.98. The summed E-state index contributed by atoms with van der Waals surface area (Å²) in [7, 11) is 0. The minimum atomic E-state index is -1.03. The van der Waals surface area contributed by atoms with Gasteiger partial charge in [0, 0.05) is 12.5 Å². The second-order valence-corrected chi connectivity index (χ2v) is 4.98. The first kappa shape index (κ1) is 14.6. The highest BCUT2D eigenvalue weighted by molar-refractivity contribution is 5.98. The first-order chi connectivity index (χ1) is 11.1. The predicted molar refractivity (Wildman–Crippen MR) is 83.8 cm³/mol. The van der Waals surface area contributed by atoms with Crippen molar-refractivity contribution in [2.24, 2.45) is 0 Å². The largest absolute Gasteiger partial charge is 0.478 e. The second kappa shape index (κ2) is 5.84. The van der Waals surface area contributed by atoms with Gasteiger partial charge in [0.2, 0.25) is 0 Å². The van der Waals surface area contributed by atoms with Crippen molar-refractivity contribution in [1.29, 1.82) is 0 Å². The van der Waals surface area contributed by atoms with Gasteiger partial charge >= 0.3 is 5.97 Å². The van der Waals surface area contributed by atoms with Crippen molar-refractivity contribution >= 4 is 11.8 Å². The molecule has 2 aromatic carbocycles. The molecule has 6 heteroatoms. The zero-order valence-electron chi connectivity index (χ0n) is 12.3. The summed E-state index contributed by atoms with van der Waals surface area (Å²) in [6.07, 6.45) is 0. The molecule has 23 heavy (non-hydrogen) atoms.